The van der Waals surface area contributed by atoms with Crippen molar-refractivity contribution in [3.63, 3.8) is 0 Å². The van der Waals surface area contributed by atoms with Gasteiger partial charge in [0.05, 0.1) is 0 Å². The number of nitrogens with zero attached hydrogens (tertiary/aromatic N) is 2. The largest absolute Gasteiger partial charge is 0.373 e. The molecule has 1 aromatic rings. The SMILES string of the molecule is Cc1cnc([N+](=O)[O-])c(C(F)F)c1Br. The normalized spacial score (nSPS) is 10.6. The molecule has 0 aliphatic carbocycles. The third-order valence-electron chi connectivity index (χ3n) is 1.60. The molecule has 0 fully saturated rings. The highest BCUT2D eigenvalue weighted by Gasteiger charge is 2.27. The number of pyridine rings is 1. The van der Waals surface area contributed by atoms with Gasteiger partial charge in [-0.15, -0.1) is 0 Å². The Morgan fingerprint density at radius 1 is 1.64 bits per heavy atom. The molecule has 14 heavy (non-hydrogen) atoms. The fraction of sp³-hybridized carbons (Fsp3) is 0.286. The van der Waals surface area contributed by atoms with Crippen LogP contribution in [0.4, 0.5) is 14.6 Å². The molecule has 0 spiro atoms. The predicted molar refractivity (Wildman–Crippen MR) is 48.3 cm³/mol. The van der Waals surface area contributed by atoms with Crippen LogP contribution in [0.5, 0.6) is 0 Å². The molecule has 0 saturated heterocycles. The van der Waals surface area contributed by atoms with Gasteiger partial charge in [-0.25, -0.2) is 8.78 Å². The molecule has 0 aliphatic rings. The third-order valence-corrected chi connectivity index (χ3v) is 2.65. The monoisotopic (exact) mass is 266 g/mol. The number of alkyl halides is 2. The minimum absolute atomic E-state index is 0.0363. The molecule has 1 rings (SSSR count). The summed E-state index contributed by atoms with van der Waals surface area (Å²) in [5.74, 6) is -0.808. The Bertz CT molecular complexity index is 384. The van der Waals surface area contributed by atoms with Crippen LogP contribution in [-0.4, -0.2) is 9.91 Å². The smallest absolute Gasteiger partial charge is 0.358 e. The lowest BCUT2D eigenvalue weighted by Gasteiger charge is -2.04. The maximum Gasteiger partial charge on any atom is 0.373 e. The molecule has 1 aromatic heterocycles. The Kier molecular flexibility index (Phi) is 3.10. The first kappa shape index (κ1) is 11.0. The quantitative estimate of drug-likeness (QED) is 0.611. The average molecular weight is 267 g/mol. The first-order valence-corrected chi connectivity index (χ1v) is 4.32. The standard InChI is InChI=1S/C7H5BrF2N2O2/c1-3-2-11-7(12(13)14)4(5(3)8)6(9)10/h2,6H,1H3. The van der Waals surface area contributed by atoms with Gasteiger partial charge < -0.3 is 10.1 Å². The lowest BCUT2D eigenvalue weighted by Crippen LogP contribution is -2.01. The van der Waals surface area contributed by atoms with E-state index in [1.54, 1.807) is 0 Å². The number of halogens is 3. The first-order chi connectivity index (χ1) is 6.45. The van der Waals surface area contributed by atoms with E-state index in [0.717, 1.165) is 0 Å². The van der Waals surface area contributed by atoms with E-state index in [4.69, 9.17) is 0 Å². The summed E-state index contributed by atoms with van der Waals surface area (Å²) in [6.45, 7) is 1.53. The van der Waals surface area contributed by atoms with Gasteiger partial charge in [0.1, 0.15) is 11.8 Å². The van der Waals surface area contributed by atoms with E-state index < -0.39 is 22.7 Å². The lowest BCUT2D eigenvalue weighted by molar-refractivity contribution is -0.391. The van der Waals surface area contributed by atoms with Gasteiger partial charge in [0.25, 0.3) is 6.43 Å². The second-order valence-electron chi connectivity index (χ2n) is 2.55. The Hall–Kier alpha value is -1.11. The molecule has 7 heteroatoms. The molecule has 0 unspecified atom stereocenters. The molecule has 0 bridgehead atoms. The minimum Gasteiger partial charge on any atom is -0.358 e. The van der Waals surface area contributed by atoms with Gasteiger partial charge in [-0.05, 0) is 32.8 Å². The van der Waals surface area contributed by atoms with Crippen LogP contribution in [0.1, 0.15) is 17.6 Å². The summed E-state index contributed by atoms with van der Waals surface area (Å²) in [6.07, 6.45) is -1.74. The fourth-order valence-corrected chi connectivity index (χ4v) is 1.39. The van der Waals surface area contributed by atoms with Crippen molar-refractivity contribution in [3.8, 4) is 0 Å². The number of hydrogen-bond acceptors (Lipinski definition) is 3. The van der Waals surface area contributed by atoms with E-state index in [9.17, 15) is 18.9 Å². The van der Waals surface area contributed by atoms with E-state index in [-0.39, 0.29) is 4.47 Å². The van der Waals surface area contributed by atoms with Crippen molar-refractivity contribution in [1.29, 1.82) is 0 Å². The molecule has 0 amide bonds. The van der Waals surface area contributed by atoms with Gasteiger partial charge in [-0.2, -0.15) is 0 Å². The topological polar surface area (TPSA) is 56.0 Å². The summed E-state index contributed by atoms with van der Waals surface area (Å²) in [6, 6.07) is 0. The van der Waals surface area contributed by atoms with E-state index in [1.807, 2.05) is 0 Å². The molecule has 0 aliphatic heterocycles. The van der Waals surface area contributed by atoms with Crippen molar-refractivity contribution >= 4 is 21.7 Å². The van der Waals surface area contributed by atoms with Crippen molar-refractivity contribution in [3.05, 3.63) is 31.9 Å². The van der Waals surface area contributed by atoms with Crippen molar-refractivity contribution in [2.45, 2.75) is 13.3 Å². The van der Waals surface area contributed by atoms with Gasteiger partial charge in [0, 0.05) is 10.0 Å². The number of aromatic nitrogens is 1. The summed E-state index contributed by atoms with van der Waals surface area (Å²) in [7, 11) is 0. The Morgan fingerprint density at radius 3 is 2.64 bits per heavy atom. The summed E-state index contributed by atoms with van der Waals surface area (Å²) >= 11 is 2.88. The summed E-state index contributed by atoms with van der Waals surface area (Å²) in [4.78, 5) is 12.8. The summed E-state index contributed by atoms with van der Waals surface area (Å²) in [5, 5.41) is 10.4. The Labute approximate surface area is 86.2 Å². The maximum absolute atomic E-state index is 12.5. The third kappa shape index (κ3) is 1.87. The minimum atomic E-state index is -2.92. The van der Waals surface area contributed by atoms with Crippen LogP contribution in [0.2, 0.25) is 0 Å². The molecular formula is C7H5BrF2N2O2. The van der Waals surface area contributed by atoms with Gasteiger partial charge in [-0.1, -0.05) is 0 Å². The molecule has 1 heterocycles. The zero-order valence-corrected chi connectivity index (χ0v) is 8.59. The number of aryl methyl sites for hydroxylation is 1. The molecule has 76 valence electrons. The Balaban J connectivity index is 3.45. The van der Waals surface area contributed by atoms with Crippen molar-refractivity contribution in [2.75, 3.05) is 0 Å². The van der Waals surface area contributed by atoms with E-state index in [2.05, 4.69) is 20.9 Å². The maximum atomic E-state index is 12.5. The van der Waals surface area contributed by atoms with E-state index in [1.165, 1.54) is 13.1 Å². The average Bonchev–Trinajstić information content (AvgIpc) is 2.08. The van der Waals surface area contributed by atoms with Crippen LogP contribution in [0.25, 0.3) is 0 Å². The number of nitro groups is 1. The number of hydrogen-bond donors (Lipinski definition) is 0. The lowest BCUT2D eigenvalue weighted by atomic mass is 10.2. The molecule has 0 radical (unpaired) electrons. The highest BCUT2D eigenvalue weighted by molar-refractivity contribution is 9.10. The zero-order chi connectivity index (χ0) is 10.9. The van der Waals surface area contributed by atoms with Crippen LogP contribution in [0.3, 0.4) is 0 Å². The predicted octanol–water partition coefficient (Wildman–Crippen LogP) is 3.00. The fourth-order valence-electron chi connectivity index (χ4n) is 0.934. The zero-order valence-electron chi connectivity index (χ0n) is 7.00. The molecule has 0 aromatic carbocycles. The second-order valence-corrected chi connectivity index (χ2v) is 3.34. The Morgan fingerprint density at radius 2 is 2.21 bits per heavy atom. The van der Waals surface area contributed by atoms with Crippen molar-refractivity contribution in [2.24, 2.45) is 0 Å². The molecule has 0 atom stereocenters. The van der Waals surface area contributed by atoms with Crippen LogP contribution in [-0.2, 0) is 0 Å². The van der Waals surface area contributed by atoms with Crippen LogP contribution in [0.15, 0.2) is 10.7 Å². The summed E-state index contributed by atoms with van der Waals surface area (Å²) in [5.41, 5.74) is -0.235. The van der Waals surface area contributed by atoms with Gasteiger partial charge in [-0.3, -0.25) is 0 Å². The van der Waals surface area contributed by atoms with Gasteiger partial charge in [0.15, 0.2) is 0 Å². The second kappa shape index (κ2) is 3.95. The molecule has 0 saturated carbocycles. The van der Waals surface area contributed by atoms with Crippen molar-refractivity contribution < 1.29 is 13.7 Å². The van der Waals surface area contributed by atoms with Gasteiger partial charge >= 0.3 is 5.82 Å². The number of rotatable bonds is 2. The molecule has 4 nitrogen and oxygen atoms in total. The first-order valence-electron chi connectivity index (χ1n) is 3.52. The van der Waals surface area contributed by atoms with Crippen molar-refractivity contribution in [1.82, 2.24) is 4.98 Å². The van der Waals surface area contributed by atoms with Gasteiger partial charge in [0.2, 0.25) is 0 Å². The van der Waals surface area contributed by atoms with Crippen LogP contribution >= 0.6 is 15.9 Å². The summed E-state index contributed by atoms with van der Waals surface area (Å²) < 4.78 is 24.9. The van der Waals surface area contributed by atoms with E-state index in [0.29, 0.717) is 5.56 Å². The highest BCUT2D eigenvalue weighted by Crippen LogP contribution is 2.35. The highest BCUT2D eigenvalue weighted by atomic mass is 79.9. The molecular weight excluding hydrogens is 262 g/mol. The molecule has 0 N–H and O–H groups in total. The van der Waals surface area contributed by atoms with E-state index >= 15 is 0 Å². The van der Waals surface area contributed by atoms with Crippen LogP contribution < -0.4 is 0 Å². The van der Waals surface area contributed by atoms with Crippen LogP contribution in [0, 0.1) is 17.0 Å².